The summed E-state index contributed by atoms with van der Waals surface area (Å²) in [7, 11) is 0. The third-order valence-electron chi connectivity index (χ3n) is 22.3. The van der Waals surface area contributed by atoms with Crippen LogP contribution in [-0.2, 0) is 31.9 Å². The zero-order chi connectivity index (χ0) is 50.9. The van der Waals surface area contributed by atoms with Crippen LogP contribution in [0.3, 0.4) is 0 Å². The van der Waals surface area contributed by atoms with Crippen LogP contribution in [0.15, 0.2) is 72.3 Å². The van der Waals surface area contributed by atoms with Crippen LogP contribution in [0.4, 0.5) is 0 Å². The van der Waals surface area contributed by atoms with E-state index in [-0.39, 0.29) is 30.9 Å². The zero-order valence-electron chi connectivity index (χ0n) is 45.7. The van der Waals surface area contributed by atoms with Gasteiger partial charge < -0.3 is 24.8 Å². The summed E-state index contributed by atoms with van der Waals surface area (Å²) in [5.74, 6) is 1.53. The predicted molar refractivity (Wildman–Crippen MR) is 288 cm³/mol. The lowest BCUT2D eigenvalue weighted by atomic mass is 9.37. The number of fused-ring (bicyclic) bond motifs is 1. The molecule has 6 saturated carbocycles. The van der Waals surface area contributed by atoms with E-state index >= 15 is 0 Å². The molecule has 9 rings (SSSR count). The monoisotopic (exact) mass is 989 g/mol. The molecule has 3 spiro atoms. The summed E-state index contributed by atoms with van der Waals surface area (Å²) < 4.78 is 11.9. The maximum atomic E-state index is 13.9. The number of aliphatic hydroxyl groups excluding tert-OH is 2. The highest BCUT2D eigenvalue weighted by atomic mass is 16.5. The van der Waals surface area contributed by atoms with Gasteiger partial charge in [-0.05, 0) is 222 Å². The first-order valence-corrected chi connectivity index (χ1v) is 29.6. The average Bonchev–Trinajstić information content (AvgIpc) is 4.14. The molecule has 6 aliphatic carbocycles. The standard InChI is InChI=1S/C65H96O7/c1-45(2)20-22-51-26-32-62(40-51)36-37-63(44-62)43-61(41-54(63)24-23-50-17-11-8-12-18-50)33-28-53(29-34-61)60(6)31-30-57(68)65(56(67)25-21-46(3)14-13-19-49-15-9-7-10-16-49)59(60)55(72-48(5)66)38-47(4)64(65,70)35-27-52-39-58(69)71-42-52/h7-12,15-18,39,45-47,51,53-57,59,67-68,70H,13-14,19-38,40-44H2,1-6H3. The number of aliphatic hydroxyl groups is 3. The Morgan fingerprint density at radius 1 is 0.792 bits per heavy atom. The maximum Gasteiger partial charge on any atom is 0.331 e. The summed E-state index contributed by atoms with van der Waals surface area (Å²) >= 11 is 0. The van der Waals surface area contributed by atoms with Gasteiger partial charge in [0.2, 0.25) is 0 Å². The minimum Gasteiger partial charge on any atom is -0.462 e. The summed E-state index contributed by atoms with van der Waals surface area (Å²) in [5, 5.41) is 40.1. The van der Waals surface area contributed by atoms with Crippen LogP contribution in [0.25, 0.3) is 0 Å². The maximum absolute atomic E-state index is 13.9. The van der Waals surface area contributed by atoms with Gasteiger partial charge in [-0.15, -0.1) is 0 Å². The van der Waals surface area contributed by atoms with Gasteiger partial charge >= 0.3 is 11.9 Å². The van der Waals surface area contributed by atoms with E-state index < -0.39 is 40.7 Å². The van der Waals surface area contributed by atoms with Crippen molar-refractivity contribution in [2.24, 2.45) is 68.5 Å². The Kier molecular flexibility index (Phi) is 16.4. The van der Waals surface area contributed by atoms with Crippen molar-refractivity contribution >= 4 is 11.9 Å². The Bertz CT molecular complexity index is 2160. The third kappa shape index (κ3) is 10.7. The van der Waals surface area contributed by atoms with E-state index in [2.05, 4.69) is 88.4 Å². The number of aryl methyl sites for hydroxylation is 2. The van der Waals surface area contributed by atoms with Crippen molar-refractivity contribution in [1.29, 1.82) is 0 Å². The minimum atomic E-state index is -1.50. The molecule has 398 valence electrons. The van der Waals surface area contributed by atoms with Gasteiger partial charge in [0, 0.05) is 18.9 Å². The van der Waals surface area contributed by atoms with Gasteiger partial charge in [-0.25, -0.2) is 4.79 Å². The Morgan fingerprint density at radius 3 is 2.11 bits per heavy atom. The SMILES string of the molecule is CC(=O)OC1CC(C)C(O)(CCC2=CC(=O)OC2)C2(C(O)CCC(C)CCCc3ccccc3)C(O)CCC(C)(C3CCC4(CC3)CC(CCc3ccccc3)C3(CCC5(CCC(CCC(C)C)C5)C3)C4)C12. The molecule has 2 aromatic rings. The first-order chi connectivity index (χ1) is 34.4. The largest absolute Gasteiger partial charge is 0.462 e. The highest BCUT2D eigenvalue weighted by Crippen LogP contribution is 2.74. The molecule has 6 fully saturated rings. The van der Waals surface area contributed by atoms with Gasteiger partial charge in [0.25, 0.3) is 0 Å². The summed E-state index contributed by atoms with van der Waals surface area (Å²) in [6, 6.07) is 21.9. The number of ether oxygens (including phenoxy) is 2. The van der Waals surface area contributed by atoms with Gasteiger partial charge in [-0.1, -0.05) is 115 Å². The number of carbonyl (C=O) groups is 2. The number of hydrogen-bond donors (Lipinski definition) is 3. The fraction of sp³-hybridized carbons (Fsp3) is 0.754. The molecule has 0 radical (unpaired) electrons. The summed E-state index contributed by atoms with van der Waals surface area (Å²) in [5.41, 5.74) is 1.67. The van der Waals surface area contributed by atoms with Crippen molar-refractivity contribution in [3.05, 3.63) is 83.4 Å². The Labute approximate surface area is 435 Å². The van der Waals surface area contributed by atoms with Crippen LogP contribution in [0, 0.1) is 68.5 Å². The van der Waals surface area contributed by atoms with E-state index in [1.54, 1.807) is 6.08 Å². The van der Waals surface area contributed by atoms with Crippen molar-refractivity contribution in [3.8, 4) is 0 Å². The second-order valence-electron chi connectivity index (χ2n) is 27.2. The molecule has 13 unspecified atom stereocenters. The van der Waals surface area contributed by atoms with Crippen molar-refractivity contribution in [1.82, 2.24) is 0 Å². The quantitative estimate of drug-likeness (QED) is 0.120. The van der Waals surface area contributed by atoms with Crippen LogP contribution in [0.1, 0.15) is 207 Å². The molecule has 0 bridgehead atoms. The second kappa shape index (κ2) is 21.9. The zero-order valence-corrected chi connectivity index (χ0v) is 45.7. The van der Waals surface area contributed by atoms with Crippen molar-refractivity contribution < 1.29 is 34.4 Å². The molecule has 13 atom stereocenters. The summed E-state index contributed by atoms with van der Waals surface area (Å²) in [6.07, 6.45) is 26.8. The van der Waals surface area contributed by atoms with Crippen LogP contribution in [-0.4, -0.2) is 57.8 Å². The summed E-state index contributed by atoms with van der Waals surface area (Å²) in [4.78, 5) is 25.6. The molecule has 1 heterocycles. The van der Waals surface area contributed by atoms with Crippen LogP contribution in [0.2, 0.25) is 0 Å². The highest BCUT2D eigenvalue weighted by Gasteiger charge is 2.75. The molecule has 72 heavy (non-hydrogen) atoms. The van der Waals surface area contributed by atoms with E-state index in [0.29, 0.717) is 53.8 Å². The molecule has 0 aromatic heterocycles. The van der Waals surface area contributed by atoms with Crippen LogP contribution >= 0.6 is 0 Å². The topological polar surface area (TPSA) is 113 Å². The van der Waals surface area contributed by atoms with Crippen molar-refractivity contribution in [3.63, 3.8) is 0 Å². The van der Waals surface area contributed by atoms with E-state index in [0.717, 1.165) is 74.7 Å². The first-order valence-electron chi connectivity index (χ1n) is 29.6. The number of carbonyl (C=O) groups excluding carboxylic acids is 2. The fourth-order valence-electron chi connectivity index (χ4n) is 18.8. The molecule has 0 saturated heterocycles. The van der Waals surface area contributed by atoms with Gasteiger partial charge in [-0.2, -0.15) is 0 Å². The first kappa shape index (κ1) is 53.8. The molecule has 7 aliphatic rings. The van der Waals surface area contributed by atoms with Gasteiger partial charge in [0.05, 0.1) is 23.2 Å². The van der Waals surface area contributed by atoms with Crippen LogP contribution in [0.5, 0.6) is 0 Å². The molecule has 7 nitrogen and oxygen atoms in total. The Balaban J connectivity index is 0.995. The van der Waals surface area contributed by atoms with Gasteiger partial charge in [0.1, 0.15) is 12.7 Å². The lowest BCUT2D eigenvalue weighted by molar-refractivity contribution is -0.327. The number of cyclic esters (lactones) is 1. The smallest absolute Gasteiger partial charge is 0.331 e. The Morgan fingerprint density at radius 2 is 1.46 bits per heavy atom. The fourth-order valence-corrected chi connectivity index (χ4v) is 18.8. The number of hydrogen-bond acceptors (Lipinski definition) is 7. The molecule has 2 aromatic carbocycles. The third-order valence-corrected chi connectivity index (χ3v) is 22.3. The van der Waals surface area contributed by atoms with E-state index in [9.17, 15) is 24.9 Å². The number of benzene rings is 2. The average molecular weight is 989 g/mol. The Hall–Kier alpha value is -3.00. The second-order valence-corrected chi connectivity index (χ2v) is 27.2. The summed E-state index contributed by atoms with van der Waals surface area (Å²) in [6.45, 7) is 13.2. The van der Waals surface area contributed by atoms with E-state index in [4.69, 9.17) is 9.47 Å². The minimum absolute atomic E-state index is 0.205. The number of esters is 2. The van der Waals surface area contributed by atoms with Gasteiger partial charge in [-0.3, -0.25) is 4.79 Å². The normalized spacial score (nSPS) is 39.4. The molecule has 0 amide bonds. The molecule has 7 heteroatoms. The predicted octanol–water partition coefficient (Wildman–Crippen LogP) is 14.1. The van der Waals surface area contributed by atoms with E-state index in [1.807, 2.05) is 6.92 Å². The molecular weight excluding hydrogens is 893 g/mol. The van der Waals surface area contributed by atoms with Crippen LogP contribution < -0.4 is 0 Å². The molecule has 1 aliphatic heterocycles. The van der Waals surface area contributed by atoms with Gasteiger partial charge in [0.15, 0.2) is 0 Å². The number of rotatable bonds is 19. The molecular formula is C65H96O7. The van der Waals surface area contributed by atoms with E-state index in [1.165, 1.54) is 102 Å². The lowest BCUT2D eigenvalue weighted by Gasteiger charge is -2.70. The molecule has 3 N–H and O–H groups in total. The van der Waals surface area contributed by atoms with Crippen molar-refractivity contribution in [2.45, 2.75) is 232 Å². The lowest BCUT2D eigenvalue weighted by Crippen LogP contribution is -2.77. The highest BCUT2D eigenvalue weighted by molar-refractivity contribution is 5.85. The van der Waals surface area contributed by atoms with Crippen molar-refractivity contribution in [2.75, 3.05) is 6.61 Å².